The minimum atomic E-state index is -0.122. The Morgan fingerprint density at radius 1 is 1.35 bits per heavy atom. The number of aliphatic hydroxyl groups excluding tert-OH is 1. The second-order valence-corrected chi connectivity index (χ2v) is 4.93. The number of amides is 1. The van der Waals surface area contributed by atoms with Crippen molar-refractivity contribution in [3.05, 3.63) is 33.3 Å². The van der Waals surface area contributed by atoms with Gasteiger partial charge in [-0.1, -0.05) is 11.6 Å². The summed E-state index contributed by atoms with van der Waals surface area (Å²) in [6, 6.07) is 5.11. The number of benzene rings is 1. The van der Waals surface area contributed by atoms with Gasteiger partial charge in [0.1, 0.15) is 0 Å². The molecule has 2 N–H and O–H groups in total. The fraction of sp³-hybridized carbons (Fsp3) is 0.417. The van der Waals surface area contributed by atoms with Gasteiger partial charge in [0.2, 0.25) is 0 Å². The maximum Gasteiger partial charge on any atom is 0.251 e. The predicted octanol–water partition coefficient (Wildman–Crippen LogP) is 2.99. The molecule has 0 aliphatic rings. The summed E-state index contributed by atoms with van der Waals surface area (Å²) < 4.78 is 0.777. The first-order valence-corrected chi connectivity index (χ1v) is 6.66. The van der Waals surface area contributed by atoms with Crippen molar-refractivity contribution in [1.29, 1.82) is 0 Å². The average Bonchev–Trinajstić information content (AvgIpc) is 2.32. The topological polar surface area (TPSA) is 49.3 Å². The normalized spacial score (nSPS) is 10.3. The van der Waals surface area contributed by atoms with Crippen molar-refractivity contribution >= 4 is 33.4 Å². The van der Waals surface area contributed by atoms with Crippen molar-refractivity contribution < 1.29 is 9.90 Å². The van der Waals surface area contributed by atoms with Crippen LogP contribution in [-0.4, -0.2) is 24.2 Å². The molecule has 0 unspecified atom stereocenters. The van der Waals surface area contributed by atoms with E-state index in [-0.39, 0.29) is 12.5 Å². The summed E-state index contributed by atoms with van der Waals surface area (Å²) in [5, 5.41) is 11.9. The lowest BCUT2D eigenvalue weighted by molar-refractivity contribution is 0.0953. The molecule has 1 rings (SSSR count). The number of hydrogen-bond donors (Lipinski definition) is 2. The molecule has 0 atom stereocenters. The minimum absolute atomic E-state index is 0.122. The Kier molecular flexibility index (Phi) is 6.55. The summed E-state index contributed by atoms with van der Waals surface area (Å²) in [5.41, 5.74) is 0.556. The van der Waals surface area contributed by atoms with Crippen molar-refractivity contribution in [2.45, 2.75) is 19.3 Å². The number of carbonyl (C=O) groups is 1. The fourth-order valence-electron chi connectivity index (χ4n) is 1.35. The second-order valence-electron chi connectivity index (χ2n) is 3.67. The number of hydrogen-bond acceptors (Lipinski definition) is 2. The van der Waals surface area contributed by atoms with E-state index in [0.29, 0.717) is 17.1 Å². The van der Waals surface area contributed by atoms with Gasteiger partial charge < -0.3 is 10.4 Å². The van der Waals surface area contributed by atoms with Crippen LogP contribution in [0.25, 0.3) is 0 Å². The zero-order valence-electron chi connectivity index (χ0n) is 9.38. The van der Waals surface area contributed by atoms with E-state index in [4.69, 9.17) is 16.7 Å². The van der Waals surface area contributed by atoms with Gasteiger partial charge >= 0.3 is 0 Å². The van der Waals surface area contributed by atoms with Gasteiger partial charge in [-0.25, -0.2) is 0 Å². The number of halogens is 2. The van der Waals surface area contributed by atoms with E-state index in [1.165, 1.54) is 0 Å². The van der Waals surface area contributed by atoms with Crippen LogP contribution in [0.5, 0.6) is 0 Å². The van der Waals surface area contributed by atoms with Gasteiger partial charge in [-0.05, 0) is 53.4 Å². The van der Waals surface area contributed by atoms with Gasteiger partial charge in [-0.2, -0.15) is 0 Å². The largest absolute Gasteiger partial charge is 0.396 e. The Hall–Kier alpha value is -0.580. The molecular weight excluding hydrogens is 305 g/mol. The van der Waals surface area contributed by atoms with Gasteiger partial charge in [-0.15, -0.1) is 0 Å². The van der Waals surface area contributed by atoms with Crippen LogP contribution in [0.4, 0.5) is 0 Å². The number of rotatable bonds is 6. The zero-order chi connectivity index (χ0) is 12.7. The smallest absolute Gasteiger partial charge is 0.251 e. The minimum Gasteiger partial charge on any atom is -0.396 e. The maximum atomic E-state index is 11.7. The number of nitrogens with one attached hydrogen (secondary N) is 1. The Bertz CT molecular complexity index is 385. The molecule has 94 valence electrons. The lowest BCUT2D eigenvalue weighted by Crippen LogP contribution is -2.24. The van der Waals surface area contributed by atoms with Crippen molar-refractivity contribution in [2.75, 3.05) is 13.2 Å². The molecule has 1 amide bonds. The van der Waals surface area contributed by atoms with Gasteiger partial charge in [0, 0.05) is 23.2 Å². The highest BCUT2D eigenvalue weighted by molar-refractivity contribution is 9.10. The summed E-state index contributed by atoms with van der Waals surface area (Å²) in [4.78, 5) is 11.7. The van der Waals surface area contributed by atoms with E-state index in [0.717, 1.165) is 23.7 Å². The second kappa shape index (κ2) is 7.69. The van der Waals surface area contributed by atoms with Crippen LogP contribution in [-0.2, 0) is 0 Å². The van der Waals surface area contributed by atoms with Crippen LogP contribution in [0.3, 0.4) is 0 Å². The quantitative estimate of drug-likeness (QED) is 0.792. The van der Waals surface area contributed by atoms with E-state index in [1.54, 1.807) is 18.2 Å². The van der Waals surface area contributed by atoms with E-state index < -0.39 is 0 Å². The molecule has 17 heavy (non-hydrogen) atoms. The number of unbranched alkanes of at least 4 members (excludes halogenated alkanes) is 2. The summed E-state index contributed by atoms with van der Waals surface area (Å²) >= 11 is 9.18. The Morgan fingerprint density at radius 3 is 2.76 bits per heavy atom. The van der Waals surface area contributed by atoms with E-state index in [2.05, 4.69) is 21.2 Å². The summed E-state index contributed by atoms with van der Waals surface area (Å²) in [7, 11) is 0. The molecule has 0 aromatic heterocycles. The molecule has 0 saturated carbocycles. The predicted molar refractivity (Wildman–Crippen MR) is 72.4 cm³/mol. The SMILES string of the molecule is O=C(NCCCCCO)c1ccc(Br)c(Cl)c1. The van der Waals surface area contributed by atoms with Crippen LogP contribution in [0.2, 0.25) is 5.02 Å². The molecule has 0 heterocycles. The molecule has 5 heteroatoms. The van der Waals surface area contributed by atoms with Crippen molar-refractivity contribution in [3.63, 3.8) is 0 Å². The van der Waals surface area contributed by atoms with Crippen LogP contribution >= 0.6 is 27.5 Å². The first-order valence-electron chi connectivity index (χ1n) is 5.49. The highest BCUT2D eigenvalue weighted by Gasteiger charge is 2.06. The molecule has 0 aliphatic carbocycles. The summed E-state index contributed by atoms with van der Waals surface area (Å²) in [6.45, 7) is 0.822. The maximum absolute atomic E-state index is 11.7. The van der Waals surface area contributed by atoms with Gasteiger partial charge in [0.25, 0.3) is 5.91 Å². The Labute approximate surface area is 114 Å². The van der Waals surface area contributed by atoms with Crippen LogP contribution < -0.4 is 5.32 Å². The lowest BCUT2D eigenvalue weighted by Gasteiger charge is -2.05. The standard InChI is InChI=1S/C12H15BrClNO2/c13-10-5-4-9(8-11(10)14)12(17)15-6-2-1-3-7-16/h4-5,8,16H,1-3,6-7H2,(H,15,17). The molecule has 3 nitrogen and oxygen atoms in total. The van der Waals surface area contributed by atoms with Crippen LogP contribution in [0.15, 0.2) is 22.7 Å². The molecule has 0 aliphatic heterocycles. The number of aliphatic hydroxyl groups is 1. The molecular formula is C12H15BrClNO2. The van der Waals surface area contributed by atoms with Crippen molar-refractivity contribution in [1.82, 2.24) is 5.32 Å². The Morgan fingerprint density at radius 2 is 2.12 bits per heavy atom. The molecule has 0 bridgehead atoms. The summed E-state index contributed by atoms with van der Waals surface area (Å²) in [6.07, 6.45) is 2.56. The fourth-order valence-corrected chi connectivity index (χ4v) is 1.78. The first kappa shape index (κ1) is 14.5. The molecule has 0 radical (unpaired) electrons. The third-order valence-electron chi connectivity index (χ3n) is 2.30. The third kappa shape index (κ3) is 5.06. The van der Waals surface area contributed by atoms with Gasteiger partial charge in [0.05, 0.1) is 5.02 Å². The van der Waals surface area contributed by atoms with Crippen LogP contribution in [0.1, 0.15) is 29.6 Å². The molecule has 1 aromatic carbocycles. The van der Waals surface area contributed by atoms with E-state index in [1.807, 2.05) is 0 Å². The van der Waals surface area contributed by atoms with Gasteiger partial charge in [0.15, 0.2) is 0 Å². The zero-order valence-corrected chi connectivity index (χ0v) is 11.7. The van der Waals surface area contributed by atoms with Crippen LogP contribution in [0, 0.1) is 0 Å². The third-order valence-corrected chi connectivity index (χ3v) is 3.53. The number of carbonyl (C=O) groups excluding carboxylic acids is 1. The van der Waals surface area contributed by atoms with E-state index in [9.17, 15) is 4.79 Å². The van der Waals surface area contributed by atoms with Gasteiger partial charge in [-0.3, -0.25) is 4.79 Å². The average molecular weight is 321 g/mol. The molecule has 0 spiro atoms. The highest BCUT2D eigenvalue weighted by atomic mass is 79.9. The summed E-state index contributed by atoms with van der Waals surface area (Å²) in [5.74, 6) is -0.122. The van der Waals surface area contributed by atoms with E-state index >= 15 is 0 Å². The van der Waals surface area contributed by atoms with Crippen molar-refractivity contribution in [3.8, 4) is 0 Å². The molecule has 0 saturated heterocycles. The van der Waals surface area contributed by atoms with Crippen molar-refractivity contribution in [2.24, 2.45) is 0 Å². The first-order chi connectivity index (χ1) is 8.15. The lowest BCUT2D eigenvalue weighted by atomic mass is 10.2. The Balaban J connectivity index is 2.39. The monoisotopic (exact) mass is 319 g/mol. The molecule has 0 fully saturated rings. The molecule has 1 aromatic rings. The highest BCUT2D eigenvalue weighted by Crippen LogP contribution is 2.23.